The van der Waals surface area contributed by atoms with Crippen molar-refractivity contribution >= 4 is 50.8 Å². The van der Waals surface area contributed by atoms with Crippen LogP contribution in [0.3, 0.4) is 0 Å². The molecule has 1 aliphatic heterocycles. The molecule has 4 N–H and O–H groups in total. The molecule has 3 atom stereocenters. The van der Waals surface area contributed by atoms with Gasteiger partial charge in [-0.3, -0.25) is 14.8 Å². The second-order valence-electron chi connectivity index (χ2n) is 10.7. The molecule has 1 saturated heterocycles. The van der Waals surface area contributed by atoms with E-state index in [0.717, 1.165) is 44.1 Å². The smallest absolute Gasteiger partial charge is 0.243 e. The third-order valence-corrected chi connectivity index (χ3v) is 9.72. The van der Waals surface area contributed by atoms with Crippen LogP contribution in [0.15, 0.2) is 77.1 Å². The van der Waals surface area contributed by atoms with Gasteiger partial charge in [0.05, 0.1) is 29.0 Å². The highest BCUT2D eigenvalue weighted by Crippen LogP contribution is 2.40. The summed E-state index contributed by atoms with van der Waals surface area (Å²) in [4.78, 5) is 28.5. The number of nitrogens with one attached hydrogen (secondary N) is 2. The minimum absolute atomic E-state index is 0.0131. The fourth-order valence-corrected chi connectivity index (χ4v) is 7.18. The highest BCUT2D eigenvalue weighted by molar-refractivity contribution is 8.01. The Hall–Kier alpha value is -3.32. The summed E-state index contributed by atoms with van der Waals surface area (Å²) >= 11 is 3.36. The van der Waals surface area contributed by atoms with Crippen molar-refractivity contribution in [3.63, 3.8) is 0 Å². The van der Waals surface area contributed by atoms with E-state index in [4.69, 9.17) is 19.7 Å². The van der Waals surface area contributed by atoms with Gasteiger partial charge in [0.1, 0.15) is 0 Å². The van der Waals surface area contributed by atoms with Crippen LogP contribution >= 0.6 is 23.1 Å². The lowest BCUT2D eigenvalue weighted by atomic mass is 10.0. The van der Waals surface area contributed by atoms with E-state index in [1.165, 1.54) is 0 Å². The van der Waals surface area contributed by atoms with Crippen LogP contribution in [0.1, 0.15) is 74.0 Å². The van der Waals surface area contributed by atoms with E-state index in [0.29, 0.717) is 37.1 Å². The van der Waals surface area contributed by atoms with Gasteiger partial charge in [0.25, 0.3) is 0 Å². The van der Waals surface area contributed by atoms with E-state index in [9.17, 15) is 14.7 Å². The predicted octanol–water partition coefficient (Wildman–Crippen LogP) is 6.91. The maximum atomic E-state index is 12.6. The van der Waals surface area contributed by atoms with Gasteiger partial charge < -0.3 is 19.9 Å². The van der Waals surface area contributed by atoms with Crippen molar-refractivity contribution in [3.05, 3.63) is 89.5 Å². The van der Waals surface area contributed by atoms with Gasteiger partial charge >= 0.3 is 0 Å². The van der Waals surface area contributed by atoms with Crippen LogP contribution < -0.4 is 10.8 Å². The van der Waals surface area contributed by atoms with Crippen LogP contribution in [0.2, 0.25) is 0 Å². The first kappa shape index (κ1) is 32.1. The van der Waals surface area contributed by atoms with Crippen LogP contribution in [-0.4, -0.2) is 39.0 Å². The molecule has 4 aromatic rings. The normalized spacial score (nSPS) is 18.3. The molecule has 3 aromatic carbocycles. The Bertz CT molecular complexity index is 1500. The van der Waals surface area contributed by atoms with Gasteiger partial charge in [-0.2, -0.15) is 0 Å². The van der Waals surface area contributed by atoms with Crippen molar-refractivity contribution in [2.45, 2.75) is 74.4 Å². The van der Waals surface area contributed by atoms with Crippen LogP contribution in [-0.2, 0) is 25.7 Å². The Kier molecular flexibility index (Phi) is 11.8. The highest BCUT2D eigenvalue weighted by atomic mass is 32.2. The van der Waals surface area contributed by atoms with Gasteiger partial charge in [-0.25, -0.2) is 10.5 Å². The summed E-state index contributed by atoms with van der Waals surface area (Å²) in [6, 6.07) is 23.5. The number of benzene rings is 3. The number of carbonyl (C=O) groups is 2. The second kappa shape index (κ2) is 16.1. The van der Waals surface area contributed by atoms with Crippen LogP contribution in [0.4, 0.5) is 5.69 Å². The molecule has 11 heteroatoms. The van der Waals surface area contributed by atoms with Crippen LogP contribution in [0, 0.1) is 0 Å². The third kappa shape index (κ3) is 9.10. The number of nitrogens with zero attached hydrogens (tertiary/aromatic N) is 1. The summed E-state index contributed by atoms with van der Waals surface area (Å²) in [5, 5.41) is 21.0. The average Bonchev–Trinajstić information content (AvgIpc) is 3.48. The van der Waals surface area contributed by atoms with Crippen molar-refractivity contribution in [2.24, 2.45) is 0 Å². The summed E-state index contributed by atoms with van der Waals surface area (Å²) in [5.74, 6) is 0.247. The lowest BCUT2D eigenvalue weighted by Crippen LogP contribution is -2.31. The minimum atomic E-state index is -0.625. The van der Waals surface area contributed by atoms with Gasteiger partial charge in [-0.1, -0.05) is 73.1 Å². The topological polar surface area (TPSA) is 130 Å². The summed E-state index contributed by atoms with van der Waals surface area (Å²) < 4.78 is 15.1. The van der Waals surface area contributed by atoms with E-state index < -0.39 is 12.2 Å². The molecule has 44 heavy (non-hydrogen) atoms. The van der Waals surface area contributed by atoms with Gasteiger partial charge in [0.2, 0.25) is 11.8 Å². The number of fused-ring (bicyclic) bond motifs is 1. The maximum absolute atomic E-state index is 12.6. The van der Waals surface area contributed by atoms with E-state index in [1.54, 1.807) is 28.6 Å². The number of hydroxylamine groups is 1. The standard InChI is InChI=1S/C33H37N3O6S2/c37-20-22-14-16-23(17-15-22)28-19-26(21-43-33-35-27-10-5-6-11-29(27)44-33)41-32(42-28)24-8-7-9-25(18-24)34-30(38)12-3-1-2-4-13-31(39)36-40/h5-11,14-18,26,28,32,37,40H,1-4,12-13,19-21H2,(H,34,38)(H,36,39)/t26-,28+,32+/m1/s1. The van der Waals surface area contributed by atoms with Gasteiger partial charge in [-0.05, 0) is 48.2 Å². The molecule has 0 radical (unpaired) electrons. The molecule has 0 spiro atoms. The van der Waals surface area contributed by atoms with Crippen molar-refractivity contribution in [3.8, 4) is 0 Å². The predicted molar refractivity (Wildman–Crippen MR) is 171 cm³/mol. The van der Waals surface area contributed by atoms with Gasteiger partial charge in [0.15, 0.2) is 10.6 Å². The number of hydrogen-bond acceptors (Lipinski definition) is 9. The number of amides is 2. The Labute approximate surface area is 265 Å². The Morgan fingerprint density at radius 3 is 2.43 bits per heavy atom. The number of anilines is 1. The molecule has 0 saturated carbocycles. The summed E-state index contributed by atoms with van der Waals surface area (Å²) in [5.41, 5.74) is 5.99. The van der Waals surface area contributed by atoms with E-state index in [-0.39, 0.29) is 31.1 Å². The number of aromatic nitrogens is 1. The summed E-state index contributed by atoms with van der Waals surface area (Å²) in [7, 11) is 0. The Balaban J connectivity index is 1.22. The number of rotatable bonds is 14. The molecule has 2 amide bonds. The lowest BCUT2D eigenvalue weighted by molar-refractivity contribution is -0.245. The van der Waals surface area contributed by atoms with Crippen LogP contribution in [0.5, 0.6) is 0 Å². The molecule has 1 fully saturated rings. The fourth-order valence-electron chi connectivity index (χ4n) is 5.07. The zero-order valence-electron chi connectivity index (χ0n) is 24.3. The number of aliphatic hydroxyl groups excluding tert-OH is 1. The van der Waals surface area contributed by atoms with Crippen molar-refractivity contribution in [1.29, 1.82) is 0 Å². The van der Waals surface area contributed by atoms with E-state index >= 15 is 0 Å². The number of unbranched alkanes of at least 4 members (excludes halogenated alkanes) is 3. The number of aliphatic hydroxyl groups is 1. The SMILES string of the molecule is O=C(CCCCCCC(=O)Nc1cccc([C@H]2O[C@@H](CSc3nc4ccccc4s3)C[C@@H](c3ccc(CO)cc3)O2)c1)NO. The first-order valence-electron chi connectivity index (χ1n) is 14.8. The molecule has 9 nitrogen and oxygen atoms in total. The number of carbonyl (C=O) groups excluding carboxylic acids is 2. The molecular formula is C33H37N3O6S2. The molecular weight excluding hydrogens is 599 g/mol. The quantitative estimate of drug-likeness (QED) is 0.0509. The number of thiazole rings is 1. The molecule has 1 aromatic heterocycles. The second-order valence-corrected chi connectivity index (χ2v) is 13.0. The van der Waals surface area contributed by atoms with E-state index in [2.05, 4.69) is 11.4 Å². The van der Waals surface area contributed by atoms with Crippen molar-refractivity contribution < 1.29 is 29.4 Å². The minimum Gasteiger partial charge on any atom is -0.392 e. The fraction of sp³-hybridized carbons (Fsp3) is 0.364. The summed E-state index contributed by atoms with van der Waals surface area (Å²) in [6.07, 6.45) is 3.42. The Morgan fingerprint density at radius 1 is 0.909 bits per heavy atom. The molecule has 0 unspecified atom stereocenters. The number of ether oxygens (including phenoxy) is 2. The van der Waals surface area contributed by atoms with Crippen molar-refractivity contribution in [2.75, 3.05) is 11.1 Å². The monoisotopic (exact) mass is 635 g/mol. The third-order valence-electron chi connectivity index (χ3n) is 7.41. The molecule has 0 aliphatic carbocycles. The largest absolute Gasteiger partial charge is 0.392 e. The van der Waals surface area contributed by atoms with E-state index in [1.807, 2.05) is 66.7 Å². The highest BCUT2D eigenvalue weighted by Gasteiger charge is 2.32. The maximum Gasteiger partial charge on any atom is 0.243 e. The molecule has 232 valence electrons. The van der Waals surface area contributed by atoms with Gasteiger partial charge in [-0.15, -0.1) is 11.3 Å². The Morgan fingerprint density at radius 2 is 1.68 bits per heavy atom. The lowest BCUT2D eigenvalue weighted by Gasteiger charge is -2.36. The van der Waals surface area contributed by atoms with Crippen molar-refractivity contribution in [1.82, 2.24) is 10.5 Å². The molecule has 1 aliphatic rings. The zero-order chi connectivity index (χ0) is 30.7. The summed E-state index contributed by atoms with van der Waals surface area (Å²) in [6.45, 7) is -0.0131. The molecule has 0 bridgehead atoms. The van der Waals surface area contributed by atoms with Crippen LogP contribution in [0.25, 0.3) is 10.2 Å². The number of hydrogen-bond donors (Lipinski definition) is 4. The van der Waals surface area contributed by atoms with Gasteiger partial charge in [0, 0.05) is 36.3 Å². The first-order chi connectivity index (χ1) is 21.5. The first-order valence-corrected chi connectivity index (χ1v) is 16.6. The average molecular weight is 636 g/mol. The zero-order valence-corrected chi connectivity index (χ0v) is 25.9. The molecule has 5 rings (SSSR count). The molecule has 2 heterocycles. The number of thioether (sulfide) groups is 1. The number of para-hydroxylation sites is 1.